The van der Waals surface area contributed by atoms with Gasteiger partial charge in [-0.05, 0) is 38.4 Å². The molecule has 1 aromatic heterocycles. The Kier molecular flexibility index (Phi) is 4.36. The summed E-state index contributed by atoms with van der Waals surface area (Å²) in [7, 11) is -1.17. The summed E-state index contributed by atoms with van der Waals surface area (Å²) >= 11 is 7.56. The van der Waals surface area contributed by atoms with Gasteiger partial charge < -0.3 is 5.32 Å². The molecule has 0 aromatic carbocycles. The second-order valence-electron chi connectivity index (χ2n) is 4.77. The number of nitrogens with one attached hydrogen (secondary N) is 1. The molecule has 0 saturated carbocycles. The number of sulfone groups is 1. The van der Waals surface area contributed by atoms with Gasteiger partial charge in [0.1, 0.15) is 0 Å². The van der Waals surface area contributed by atoms with Crippen molar-refractivity contribution in [2.45, 2.75) is 37.5 Å². The van der Waals surface area contributed by atoms with E-state index in [9.17, 15) is 8.42 Å². The molecule has 0 radical (unpaired) electrons. The molecule has 1 fully saturated rings. The Morgan fingerprint density at radius 1 is 1.50 bits per heavy atom. The number of hydrogen-bond acceptors (Lipinski definition) is 4. The number of thiophene rings is 1. The van der Waals surface area contributed by atoms with Crippen LogP contribution in [0.4, 0.5) is 0 Å². The molecule has 2 heterocycles. The lowest BCUT2D eigenvalue weighted by Crippen LogP contribution is -2.39. The van der Waals surface area contributed by atoms with Crippen LogP contribution in [0.15, 0.2) is 6.07 Å². The maximum absolute atomic E-state index is 12.2. The molecule has 2 atom stereocenters. The highest BCUT2D eigenvalue weighted by Gasteiger charge is 2.36. The summed E-state index contributed by atoms with van der Waals surface area (Å²) in [4.78, 5) is 1.02. The van der Waals surface area contributed by atoms with E-state index in [0.29, 0.717) is 5.75 Å². The van der Waals surface area contributed by atoms with Crippen molar-refractivity contribution in [3.05, 3.63) is 20.8 Å². The van der Waals surface area contributed by atoms with E-state index in [1.54, 1.807) is 0 Å². The molecular weight excluding hydrogens is 290 g/mol. The summed E-state index contributed by atoms with van der Waals surface area (Å²) < 4.78 is 25.1. The molecule has 0 aliphatic carbocycles. The molecule has 0 bridgehead atoms. The van der Waals surface area contributed by atoms with Crippen LogP contribution in [-0.4, -0.2) is 26.5 Å². The number of rotatable bonds is 3. The van der Waals surface area contributed by atoms with Gasteiger partial charge in [0.2, 0.25) is 0 Å². The van der Waals surface area contributed by atoms with Crippen molar-refractivity contribution in [1.29, 1.82) is 0 Å². The highest BCUT2D eigenvalue weighted by atomic mass is 35.5. The first-order valence-corrected chi connectivity index (χ1v) is 9.01. The van der Waals surface area contributed by atoms with E-state index in [0.717, 1.165) is 34.0 Å². The molecule has 2 unspecified atom stereocenters. The maximum Gasteiger partial charge on any atom is 0.155 e. The predicted octanol–water partition coefficient (Wildman–Crippen LogP) is 2.94. The predicted molar refractivity (Wildman–Crippen MR) is 77.3 cm³/mol. The molecule has 1 aromatic rings. The van der Waals surface area contributed by atoms with E-state index in [2.05, 4.69) is 5.32 Å². The average molecular weight is 308 g/mol. The van der Waals surface area contributed by atoms with Gasteiger partial charge in [-0.3, -0.25) is 0 Å². The second-order valence-corrected chi connectivity index (χ2v) is 8.80. The van der Waals surface area contributed by atoms with Crippen LogP contribution < -0.4 is 5.32 Å². The summed E-state index contributed by atoms with van der Waals surface area (Å²) in [5, 5.41) is 2.84. The quantitative estimate of drug-likeness (QED) is 0.934. The highest BCUT2D eigenvalue weighted by Crippen LogP contribution is 2.37. The Hall–Kier alpha value is -0.100. The Balaban J connectivity index is 2.33. The van der Waals surface area contributed by atoms with Crippen LogP contribution >= 0.6 is 22.9 Å². The number of hydrogen-bond donors (Lipinski definition) is 1. The van der Waals surface area contributed by atoms with E-state index in [1.165, 1.54) is 11.3 Å². The Morgan fingerprint density at radius 2 is 2.22 bits per heavy atom. The third-order valence-electron chi connectivity index (χ3n) is 3.49. The van der Waals surface area contributed by atoms with Gasteiger partial charge in [0.05, 0.1) is 21.4 Å². The van der Waals surface area contributed by atoms with Crippen LogP contribution in [0.1, 0.15) is 35.7 Å². The zero-order chi connectivity index (χ0) is 13.3. The average Bonchev–Trinajstić information content (AvgIpc) is 2.62. The topological polar surface area (TPSA) is 46.2 Å². The van der Waals surface area contributed by atoms with Gasteiger partial charge in [-0.25, -0.2) is 8.42 Å². The minimum Gasteiger partial charge on any atom is -0.311 e. The lowest BCUT2D eigenvalue weighted by atomic mass is 10.1. The fourth-order valence-corrected chi connectivity index (χ4v) is 6.11. The van der Waals surface area contributed by atoms with Crippen LogP contribution in [0.3, 0.4) is 0 Å². The van der Waals surface area contributed by atoms with Crippen LogP contribution in [0.5, 0.6) is 0 Å². The molecule has 1 N–H and O–H groups in total. The largest absolute Gasteiger partial charge is 0.311 e. The van der Waals surface area contributed by atoms with Crippen LogP contribution in [0.2, 0.25) is 4.34 Å². The van der Waals surface area contributed by atoms with Crippen molar-refractivity contribution < 1.29 is 8.42 Å². The zero-order valence-electron chi connectivity index (χ0n) is 10.6. The Labute approximate surface area is 117 Å². The lowest BCUT2D eigenvalue weighted by molar-refractivity contribution is 0.473. The van der Waals surface area contributed by atoms with E-state index < -0.39 is 9.84 Å². The van der Waals surface area contributed by atoms with Gasteiger partial charge in [0, 0.05) is 4.88 Å². The maximum atomic E-state index is 12.2. The van der Waals surface area contributed by atoms with Crippen molar-refractivity contribution in [1.82, 2.24) is 5.32 Å². The van der Waals surface area contributed by atoms with Crippen molar-refractivity contribution in [3.63, 3.8) is 0 Å². The summed E-state index contributed by atoms with van der Waals surface area (Å²) in [6.45, 7) is 1.95. The minimum absolute atomic E-state index is 0.133. The molecule has 1 saturated heterocycles. The lowest BCUT2D eigenvalue weighted by Gasteiger charge is -2.29. The first-order chi connectivity index (χ1) is 8.45. The second kappa shape index (κ2) is 5.49. The van der Waals surface area contributed by atoms with Crippen LogP contribution in [-0.2, 0) is 9.84 Å². The standard InChI is InChI=1S/C12H18ClNO2S2/c1-8-7-9(17-12(8)13)11(14-2)10-5-3-4-6-18(10,15)16/h7,10-11,14H,3-6H2,1-2H3. The smallest absolute Gasteiger partial charge is 0.155 e. The van der Waals surface area contributed by atoms with Crippen molar-refractivity contribution in [3.8, 4) is 0 Å². The molecule has 3 nitrogen and oxygen atoms in total. The molecule has 0 spiro atoms. The molecule has 1 aliphatic rings. The molecule has 0 amide bonds. The van der Waals surface area contributed by atoms with Crippen LogP contribution in [0.25, 0.3) is 0 Å². The normalized spacial score (nSPS) is 24.9. The molecule has 102 valence electrons. The SMILES string of the molecule is CNC(c1cc(C)c(Cl)s1)C1CCCCS1(=O)=O. The third kappa shape index (κ3) is 2.74. The van der Waals surface area contributed by atoms with Crippen LogP contribution in [0, 0.1) is 6.92 Å². The molecule has 18 heavy (non-hydrogen) atoms. The summed E-state index contributed by atoms with van der Waals surface area (Å²) in [5.41, 5.74) is 1.02. The van der Waals surface area contributed by atoms with Crippen molar-refractivity contribution in [2.24, 2.45) is 0 Å². The molecular formula is C12H18ClNO2S2. The first kappa shape index (κ1) is 14.3. The van der Waals surface area contributed by atoms with Gasteiger partial charge in [-0.1, -0.05) is 18.0 Å². The van der Waals surface area contributed by atoms with E-state index >= 15 is 0 Å². The fraction of sp³-hybridized carbons (Fsp3) is 0.667. The van der Waals surface area contributed by atoms with Gasteiger partial charge >= 0.3 is 0 Å². The summed E-state index contributed by atoms with van der Waals surface area (Å²) in [5.74, 6) is 0.313. The molecule has 2 rings (SSSR count). The Morgan fingerprint density at radius 3 is 2.72 bits per heavy atom. The van der Waals surface area contributed by atoms with Gasteiger partial charge in [-0.15, -0.1) is 11.3 Å². The highest BCUT2D eigenvalue weighted by molar-refractivity contribution is 7.92. The monoisotopic (exact) mass is 307 g/mol. The van der Waals surface area contributed by atoms with Gasteiger partial charge in [0.15, 0.2) is 9.84 Å². The minimum atomic E-state index is -2.99. The molecule has 6 heteroatoms. The third-order valence-corrected chi connectivity index (χ3v) is 7.42. The van der Waals surface area contributed by atoms with Gasteiger partial charge in [0.25, 0.3) is 0 Å². The number of halogens is 1. The molecule has 1 aliphatic heterocycles. The van der Waals surface area contributed by atoms with Crippen molar-refractivity contribution >= 4 is 32.8 Å². The van der Waals surface area contributed by atoms with E-state index in [1.807, 2.05) is 20.0 Å². The van der Waals surface area contributed by atoms with Crippen molar-refractivity contribution in [2.75, 3.05) is 12.8 Å². The number of aryl methyl sites for hydroxylation is 1. The summed E-state index contributed by atoms with van der Waals surface area (Å²) in [6.07, 6.45) is 2.52. The zero-order valence-corrected chi connectivity index (χ0v) is 13.0. The van der Waals surface area contributed by atoms with E-state index in [-0.39, 0.29) is 11.3 Å². The van der Waals surface area contributed by atoms with Gasteiger partial charge in [-0.2, -0.15) is 0 Å². The fourth-order valence-electron chi connectivity index (χ4n) is 2.50. The summed E-state index contributed by atoms with van der Waals surface area (Å²) in [6, 6.07) is 1.87. The Bertz CT molecular complexity index is 505. The first-order valence-electron chi connectivity index (χ1n) is 6.10. The van der Waals surface area contributed by atoms with E-state index in [4.69, 9.17) is 11.6 Å².